The van der Waals surface area contributed by atoms with E-state index in [4.69, 9.17) is 4.74 Å². The first-order valence-corrected chi connectivity index (χ1v) is 5.52. The number of aliphatic hydroxyl groups excluding tert-OH is 1. The van der Waals surface area contributed by atoms with Gasteiger partial charge < -0.3 is 15.2 Å². The fraction of sp³-hybridized carbons (Fsp3) is 0.462. The number of nitrogens with one attached hydrogen (secondary N) is 1. The first-order valence-electron chi connectivity index (χ1n) is 5.52. The zero-order chi connectivity index (χ0) is 13.1. The van der Waals surface area contributed by atoms with Crippen molar-refractivity contribution in [2.45, 2.75) is 39.8 Å². The van der Waals surface area contributed by atoms with Crippen molar-refractivity contribution in [3.63, 3.8) is 0 Å². The van der Waals surface area contributed by atoms with Gasteiger partial charge in [-0.15, -0.1) is 0 Å². The smallest absolute Gasteiger partial charge is 0.410 e. The van der Waals surface area contributed by atoms with E-state index in [-0.39, 0.29) is 12.1 Å². The van der Waals surface area contributed by atoms with Crippen molar-refractivity contribution in [1.82, 2.24) is 5.32 Å². The van der Waals surface area contributed by atoms with Crippen LogP contribution < -0.4 is 10.1 Å². The van der Waals surface area contributed by atoms with E-state index >= 15 is 0 Å². The Kier molecular flexibility index (Phi) is 4.12. The minimum Gasteiger partial charge on any atom is -0.410 e. The zero-order valence-corrected chi connectivity index (χ0v) is 10.7. The summed E-state index contributed by atoms with van der Waals surface area (Å²) < 4.78 is 5.16. The summed E-state index contributed by atoms with van der Waals surface area (Å²) >= 11 is 0. The average molecular weight is 237 g/mol. The van der Waals surface area contributed by atoms with E-state index in [1.807, 2.05) is 33.8 Å². The lowest BCUT2D eigenvalue weighted by atomic mass is 10.1. The predicted octanol–water partition coefficient (Wildman–Crippen LogP) is 2.37. The lowest BCUT2D eigenvalue weighted by Crippen LogP contribution is -2.42. The number of aryl methyl sites for hydroxylation is 1. The van der Waals surface area contributed by atoms with Crippen LogP contribution in [-0.2, 0) is 6.61 Å². The first kappa shape index (κ1) is 13.5. The van der Waals surface area contributed by atoms with E-state index in [1.54, 1.807) is 12.1 Å². The molecule has 0 heterocycles. The van der Waals surface area contributed by atoms with Gasteiger partial charge in [0.2, 0.25) is 0 Å². The van der Waals surface area contributed by atoms with Crippen molar-refractivity contribution < 1.29 is 14.6 Å². The third kappa shape index (κ3) is 4.44. The summed E-state index contributed by atoms with van der Waals surface area (Å²) in [4.78, 5) is 11.6. The molecule has 0 saturated heterocycles. The number of hydrogen-bond acceptors (Lipinski definition) is 3. The molecule has 1 aromatic carbocycles. The van der Waals surface area contributed by atoms with Gasteiger partial charge in [-0.1, -0.05) is 17.7 Å². The summed E-state index contributed by atoms with van der Waals surface area (Å²) in [6.07, 6.45) is -0.518. The molecule has 0 saturated carbocycles. The second-order valence-electron chi connectivity index (χ2n) is 5.03. The van der Waals surface area contributed by atoms with Crippen LogP contribution in [0.2, 0.25) is 0 Å². The van der Waals surface area contributed by atoms with E-state index in [9.17, 15) is 9.90 Å². The Hall–Kier alpha value is -1.55. The number of carbonyl (C=O) groups is 1. The number of aliphatic hydroxyl groups is 1. The van der Waals surface area contributed by atoms with Crippen molar-refractivity contribution in [2.75, 3.05) is 0 Å². The SMILES string of the molecule is Cc1ccc(OC(=O)NC(C)(C)C)c(CO)c1. The topological polar surface area (TPSA) is 58.6 Å². The van der Waals surface area contributed by atoms with Crippen LogP contribution in [-0.4, -0.2) is 16.7 Å². The molecule has 0 aliphatic heterocycles. The molecule has 0 aliphatic rings. The molecule has 0 aliphatic carbocycles. The van der Waals surface area contributed by atoms with E-state index in [0.29, 0.717) is 11.3 Å². The predicted molar refractivity (Wildman–Crippen MR) is 66.0 cm³/mol. The number of benzene rings is 1. The summed E-state index contributed by atoms with van der Waals surface area (Å²) in [7, 11) is 0. The average Bonchev–Trinajstić information content (AvgIpc) is 2.17. The molecule has 0 aromatic heterocycles. The highest BCUT2D eigenvalue weighted by atomic mass is 16.6. The molecule has 94 valence electrons. The van der Waals surface area contributed by atoms with Gasteiger partial charge in [0.05, 0.1) is 6.61 Å². The van der Waals surface area contributed by atoms with Crippen molar-refractivity contribution in [1.29, 1.82) is 0 Å². The fourth-order valence-electron chi connectivity index (χ4n) is 1.36. The number of hydrogen-bond donors (Lipinski definition) is 2. The molecule has 0 spiro atoms. The van der Waals surface area contributed by atoms with Gasteiger partial charge in [-0.05, 0) is 33.8 Å². The summed E-state index contributed by atoms with van der Waals surface area (Å²) in [6, 6.07) is 5.31. The van der Waals surface area contributed by atoms with E-state index < -0.39 is 6.09 Å². The van der Waals surface area contributed by atoms with Gasteiger partial charge in [0.1, 0.15) is 5.75 Å². The Balaban J connectivity index is 2.78. The maximum atomic E-state index is 11.6. The first-order chi connectivity index (χ1) is 7.81. The Labute approximate surface area is 102 Å². The van der Waals surface area contributed by atoms with Crippen LogP contribution >= 0.6 is 0 Å². The van der Waals surface area contributed by atoms with Gasteiger partial charge in [0, 0.05) is 11.1 Å². The number of ether oxygens (including phenoxy) is 1. The van der Waals surface area contributed by atoms with Crippen molar-refractivity contribution in [3.05, 3.63) is 29.3 Å². The van der Waals surface area contributed by atoms with Gasteiger partial charge in [0.25, 0.3) is 0 Å². The van der Waals surface area contributed by atoms with Gasteiger partial charge in [-0.2, -0.15) is 0 Å². The van der Waals surface area contributed by atoms with Crippen LogP contribution in [0.5, 0.6) is 5.75 Å². The van der Waals surface area contributed by atoms with Gasteiger partial charge in [0.15, 0.2) is 0 Å². The highest BCUT2D eigenvalue weighted by molar-refractivity contribution is 5.71. The molecular weight excluding hydrogens is 218 g/mol. The summed E-state index contributed by atoms with van der Waals surface area (Å²) in [5.74, 6) is 0.389. The van der Waals surface area contributed by atoms with Crippen LogP contribution in [0.25, 0.3) is 0 Å². The maximum Gasteiger partial charge on any atom is 0.413 e. The molecule has 1 rings (SSSR count). The lowest BCUT2D eigenvalue weighted by Gasteiger charge is -2.20. The van der Waals surface area contributed by atoms with Crippen molar-refractivity contribution in [2.24, 2.45) is 0 Å². The normalized spacial score (nSPS) is 11.1. The second-order valence-corrected chi connectivity index (χ2v) is 5.03. The number of rotatable bonds is 2. The molecule has 2 N–H and O–H groups in total. The zero-order valence-electron chi connectivity index (χ0n) is 10.7. The number of amides is 1. The quantitative estimate of drug-likeness (QED) is 0.830. The van der Waals surface area contributed by atoms with Gasteiger partial charge in [-0.3, -0.25) is 0 Å². The van der Waals surface area contributed by atoms with E-state index in [0.717, 1.165) is 5.56 Å². The van der Waals surface area contributed by atoms with Crippen molar-refractivity contribution in [3.8, 4) is 5.75 Å². The molecule has 0 unspecified atom stereocenters. The summed E-state index contributed by atoms with van der Waals surface area (Å²) in [5, 5.41) is 11.9. The maximum absolute atomic E-state index is 11.6. The van der Waals surface area contributed by atoms with Gasteiger partial charge >= 0.3 is 6.09 Å². The monoisotopic (exact) mass is 237 g/mol. The molecule has 17 heavy (non-hydrogen) atoms. The molecule has 1 amide bonds. The van der Waals surface area contributed by atoms with Crippen LogP contribution in [0.15, 0.2) is 18.2 Å². The second kappa shape index (κ2) is 5.19. The molecule has 0 radical (unpaired) electrons. The molecule has 0 atom stereocenters. The molecule has 4 nitrogen and oxygen atoms in total. The number of carbonyl (C=O) groups excluding carboxylic acids is 1. The lowest BCUT2D eigenvalue weighted by molar-refractivity contribution is 0.188. The molecule has 0 bridgehead atoms. The minimum absolute atomic E-state index is 0.153. The minimum atomic E-state index is -0.518. The fourth-order valence-corrected chi connectivity index (χ4v) is 1.36. The Morgan fingerprint density at radius 1 is 1.41 bits per heavy atom. The highest BCUT2D eigenvalue weighted by Gasteiger charge is 2.16. The summed E-state index contributed by atoms with van der Waals surface area (Å²) in [6.45, 7) is 7.38. The largest absolute Gasteiger partial charge is 0.413 e. The van der Waals surface area contributed by atoms with Crippen LogP contribution in [0.3, 0.4) is 0 Å². The Bertz CT molecular complexity index is 408. The highest BCUT2D eigenvalue weighted by Crippen LogP contribution is 2.20. The third-order valence-corrected chi connectivity index (χ3v) is 2.07. The molecular formula is C13H19NO3. The third-order valence-electron chi connectivity index (χ3n) is 2.07. The van der Waals surface area contributed by atoms with Crippen LogP contribution in [0, 0.1) is 6.92 Å². The van der Waals surface area contributed by atoms with Crippen LogP contribution in [0.4, 0.5) is 4.79 Å². The van der Waals surface area contributed by atoms with Gasteiger partial charge in [-0.25, -0.2) is 4.79 Å². The van der Waals surface area contributed by atoms with E-state index in [1.165, 1.54) is 0 Å². The molecule has 0 fully saturated rings. The molecule has 1 aromatic rings. The Morgan fingerprint density at radius 3 is 2.59 bits per heavy atom. The Morgan fingerprint density at radius 2 is 2.06 bits per heavy atom. The van der Waals surface area contributed by atoms with E-state index in [2.05, 4.69) is 5.32 Å². The van der Waals surface area contributed by atoms with Crippen LogP contribution in [0.1, 0.15) is 31.9 Å². The standard InChI is InChI=1S/C13H19NO3/c1-9-5-6-11(10(7-9)8-15)17-12(16)14-13(2,3)4/h5-7,15H,8H2,1-4H3,(H,14,16). The summed E-state index contributed by atoms with van der Waals surface area (Å²) in [5.41, 5.74) is 1.27. The molecule has 4 heteroatoms. The van der Waals surface area contributed by atoms with Crippen molar-refractivity contribution >= 4 is 6.09 Å².